The monoisotopic (exact) mass is 586 g/mol. The Morgan fingerprint density at radius 2 is 0.786 bits per heavy atom. The summed E-state index contributed by atoms with van der Waals surface area (Å²) in [6, 6.07) is 7.42. The zero-order chi connectivity index (χ0) is 30.5. The number of ether oxygens (including phenoxy) is 6. The average Bonchev–Trinajstić information content (AvgIpc) is 2.96. The highest BCUT2D eigenvalue weighted by atomic mass is 16.5. The molecule has 0 saturated carbocycles. The average molecular weight is 587 g/mol. The van der Waals surface area contributed by atoms with Crippen LogP contribution in [-0.2, 0) is 18.9 Å². The molecule has 1 aliphatic heterocycles. The Hall–Kier alpha value is -3.18. The number of carbonyl (C=O) groups excluding carboxylic acids is 2. The lowest BCUT2D eigenvalue weighted by atomic mass is 10.0. The van der Waals surface area contributed by atoms with Gasteiger partial charge in [-0.1, -0.05) is 0 Å². The molecule has 0 atom stereocenters. The zero-order valence-corrected chi connectivity index (χ0v) is 26.0. The number of aryl methyl sites for hydroxylation is 4. The van der Waals surface area contributed by atoms with Crippen LogP contribution in [0.2, 0.25) is 0 Å². The van der Waals surface area contributed by atoms with Crippen molar-refractivity contribution >= 4 is 11.8 Å². The fourth-order valence-corrected chi connectivity index (χ4v) is 5.13. The Bertz CT molecular complexity index is 1030. The van der Waals surface area contributed by atoms with Crippen LogP contribution in [0.5, 0.6) is 11.5 Å². The number of hydrogen-bond donors (Lipinski definition) is 0. The molecule has 3 rings (SSSR count). The van der Waals surface area contributed by atoms with E-state index in [1.165, 1.54) is 0 Å². The van der Waals surface area contributed by atoms with E-state index in [2.05, 4.69) is 0 Å². The molecule has 0 aromatic heterocycles. The first-order valence-electron chi connectivity index (χ1n) is 14.5. The van der Waals surface area contributed by atoms with E-state index in [9.17, 15) is 9.59 Å². The third-order valence-electron chi connectivity index (χ3n) is 7.16. The molecule has 0 N–H and O–H groups in total. The van der Waals surface area contributed by atoms with Crippen molar-refractivity contribution in [3.05, 3.63) is 57.6 Å². The van der Waals surface area contributed by atoms with Crippen LogP contribution < -0.4 is 9.47 Å². The Labute approximate surface area is 249 Å². The minimum atomic E-state index is -0.0787. The molecule has 2 aromatic rings. The fourth-order valence-electron chi connectivity index (χ4n) is 5.13. The third-order valence-corrected chi connectivity index (χ3v) is 7.16. The number of methoxy groups -OCH3 is 2. The number of carbonyl (C=O) groups is 2. The van der Waals surface area contributed by atoms with Gasteiger partial charge < -0.3 is 38.2 Å². The Morgan fingerprint density at radius 1 is 0.524 bits per heavy atom. The minimum Gasteiger partial charge on any atom is -0.496 e. The topological polar surface area (TPSA) is 96.0 Å². The number of nitrogens with zero attached hydrogens (tertiary/aromatic N) is 2. The standard InChI is InChI=1S/C32H46N2O8/c1-23-19-27(20-24(2)29(23)37-5)31(35)33-7-11-39-15-17-41-13-9-34(10-14-42-18-16-40-12-8-33)32(36)28-21-25(3)30(38-6)26(4)22-28/h19-22H,7-18H2,1-6H3. The van der Waals surface area contributed by atoms with E-state index >= 15 is 0 Å². The van der Waals surface area contributed by atoms with Gasteiger partial charge >= 0.3 is 0 Å². The maximum Gasteiger partial charge on any atom is 0.254 e. The van der Waals surface area contributed by atoms with Gasteiger partial charge in [0.05, 0.1) is 67.1 Å². The van der Waals surface area contributed by atoms with E-state index in [4.69, 9.17) is 28.4 Å². The molecule has 0 aliphatic carbocycles. The van der Waals surface area contributed by atoms with Gasteiger partial charge in [-0.3, -0.25) is 9.59 Å². The lowest BCUT2D eigenvalue weighted by molar-refractivity contribution is 0.00888. The second-order valence-electron chi connectivity index (χ2n) is 10.3. The van der Waals surface area contributed by atoms with Crippen molar-refractivity contribution in [2.75, 3.05) is 93.3 Å². The molecule has 1 saturated heterocycles. The molecule has 1 fully saturated rings. The predicted molar refractivity (Wildman–Crippen MR) is 160 cm³/mol. The number of rotatable bonds is 4. The predicted octanol–water partition coefficient (Wildman–Crippen LogP) is 3.60. The molecular weight excluding hydrogens is 540 g/mol. The zero-order valence-electron chi connectivity index (χ0n) is 26.0. The molecule has 1 heterocycles. The Balaban J connectivity index is 1.58. The van der Waals surface area contributed by atoms with Crippen molar-refractivity contribution in [1.29, 1.82) is 0 Å². The van der Waals surface area contributed by atoms with Crippen LogP contribution >= 0.6 is 0 Å². The molecule has 42 heavy (non-hydrogen) atoms. The van der Waals surface area contributed by atoms with Gasteiger partial charge in [0.15, 0.2) is 0 Å². The van der Waals surface area contributed by atoms with Gasteiger partial charge in [-0.15, -0.1) is 0 Å². The first kappa shape index (κ1) is 33.3. The molecule has 0 radical (unpaired) electrons. The van der Waals surface area contributed by atoms with Gasteiger partial charge in [-0.2, -0.15) is 0 Å². The lowest BCUT2D eigenvalue weighted by Crippen LogP contribution is -2.38. The summed E-state index contributed by atoms with van der Waals surface area (Å²) in [6.07, 6.45) is 0. The molecular formula is C32H46N2O8. The quantitative estimate of drug-likeness (QED) is 0.537. The Morgan fingerprint density at radius 3 is 1.02 bits per heavy atom. The largest absolute Gasteiger partial charge is 0.496 e. The summed E-state index contributed by atoms with van der Waals surface area (Å²) in [7, 11) is 3.27. The molecule has 0 unspecified atom stereocenters. The first-order valence-corrected chi connectivity index (χ1v) is 14.5. The van der Waals surface area contributed by atoms with E-state index in [0.29, 0.717) is 90.2 Å². The summed E-state index contributed by atoms with van der Waals surface area (Å²) in [4.78, 5) is 30.2. The maximum atomic E-state index is 13.4. The van der Waals surface area contributed by atoms with Gasteiger partial charge in [0.25, 0.3) is 11.8 Å². The molecule has 0 spiro atoms. The molecule has 2 amide bonds. The van der Waals surface area contributed by atoms with E-state index in [1.54, 1.807) is 24.0 Å². The van der Waals surface area contributed by atoms with Crippen LogP contribution in [0.15, 0.2) is 24.3 Å². The normalized spacial score (nSPS) is 16.8. The van der Waals surface area contributed by atoms with E-state index < -0.39 is 0 Å². The molecule has 2 aromatic carbocycles. The summed E-state index contributed by atoms with van der Waals surface area (Å²) in [5.41, 5.74) is 4.88. The van der Waals surface area contributed by atoms with Gasteiger partial charge in [-0.05, 0) is 74.2 Å². The number of benzene rings is 2. The van der Waals surface area contributed by atoms with Crippen molar-refractivity contribution in [2.24, 2.45) is 0 Å². The minimum absolute atomic E-state index is 0.0787. The summed E-state index contributed by atoms with van der Waals surface area (Å²) in [6.45, 7) is 12.4. The van der Waals surface area contributed by atoms with E-state index in [0.717, 1.165) is 33.8 Å². The summed E-state index contributed by atoms with van der Waals surface area (Å²) < 4.78 is 34.0. The van der Waals surface area contributed by atoms with Crippen molar-refractivity contribution in [3.8, 4) is 11.5 Å². The van der Waals surface area contributed by atoms with Gasteiger partial charge in [0.1, 0.15) is 11.5 Å². The van der Waals surface area contributed by atoms with Crippen molar-refractivity contribution in [3.63, 3.8) is 0 Å². The SMILES string of the molecule is COc1c(C)cc(C(=O)N2CCOCCOCCN(C(=O)c3cc(C)c(OC)c(C)c3)CCOCCOCC2)cc1C. The maximum absolute atomic E-state index is 13.4. The lowest BCUT2D eigenvalue weighted by Gasteiger charge is -2.25. The summed E-state index contributed by atoms with van der Waals surface area (Å²) in [5.74, 6) is 1.42. The summed E-state index contributed by atoms with van der Waals surface area (Å²) in [5, 5.41) is 0. The molecule has 0 bridgehead atoms. The van der Waals surface area contributed by atoms with Crippen LogP contribution in [0.4, 0.5) is 0 Å². The number of amides is 2. The Kier molecular flexibility index (Phi) is 13.5. The molecule has 10 nitrogen and oxygen atoms in total. The second kappa shape index (κ2) is 17.1. The van der Waals surface area contributed by atoms with Crippen LogP contribution in [0.25, 0.3) is 0 Å². The number of hydrogen-bond acceptors (Lipinski definition) is 8. The fraction of sp³-hybridized carbons (Fsp3) is 0.562. The van der Waals surface area contributed by atoms with Crippen LogP contribution in [0.3, 0.4) is 0 Å². The third kappa shape index (κ3) is 9.42. The summed E-state index contributed by atoms with van der Waals surface area (Å²) >= 11 is 0. The highest BCUT2D eigenvalue weighted by Gasteiger charge is 2.20. The van der Waals surface area contributed by atoms with Gasteiger partial charge in [-0.25, -0.2) is 0 Å². The molecule has 232 valence electrons. The van der Waals surface area contributed by atoms with Gasteiger partial charge in [0.2, 0.25) is 0 Å². The smallest absolute Gasteiger partial charge is 0.254 e. The van der Waals surface area contributed by atoms with E-state index in [-0.39, 0.29) is 11.8 Å². The van der Waals surface area contributed by atoms with Crippen LogP contribution in [0, 0.1) is 27.7 Å². The van der Waals surface area contributed by atoms with Crippen molar-refractivity contribution < 1.29 is 38.0 Å². The van der Waals surface area contributed by atoms with Gasteiger partial charge in [0, 0.05) is 37.3 Å². The molecule has 1 aliphatic rings. The second-order valence-corrected chi connectivity index (χ2v) is 10.3. The van der Waals surface area contributed by atoms with Crippen LogP contribution in [0.1, 0.15) is 43.0 Å². The molecule has 10 heteroatoms. The van der Waals surface area contributed by atoms with Crippen molar-refractivity contribution in [1.82, 2.24) is 9.80 Å². The highest BCUT2D eigenvalue weighted by Crippen LogP contribution is 2.26. The highest BCUT2D eigenvalue weighted by molar-refractivity contribution is 5.95. The van der Waals surface area contributed by atoms with Crippen LogP contribution in [-0.4, -0.2) is 115 Å². The first-order chi connectivity index (χ1) is 20.3. The van der Waals surface area contributed by atoms with Crippen molar-refractivity contribution in [2.45, 2.75) is 27.7 Å². The van der Waals surface area contributed by atoms with E-state index in [1.807, 2.05) is 52.0 Å².